The van der Waals surface area contributed by atoms with Crippen LogP contribution in [0.1, 0.15) is 25.0 Å². The smallest absolute Gasteiger partial charge is 0.293 e. The first-order chi connectivity index (χ1) is 15.0. The molecule has 0 N–H and O–H groups in total. The van der Waals surface area contributed by atoms with Crippen molar-refractivity contribution in [2.24, 2.45) is 0 Å². The molecule has 0 unspecified atom stereocenters. The predicted octanol–water partition coefficient (Wildman–Crippen LogP) is 5.10. The molecule has 0 radical (unpaired) electrons. The molecule has 2 aliphatic heterocycles. The van der Waals surface area contributed by atoms with E-state index < -0.39 is 0 Å². The van der Waals surface area contributed by atoms with Gasteiger partial charge in [0.2, 0.25) is 6.79 Å². The van der Waals surface area contributed by atoms with E-state index in [1.807, 2.05) is 19.9 Å². The highest BCUT2D eigenvalue weighted by Crippen LogP contribution is 2.40. The van der Waals surface area contributed by atoms with Crippen molar-refractivity contribution in [1.29, 1.82) is 0 Å². The molecule has 0 bridgehead atoms. The number of amides is 2. The Morgan fingerprint density at radius 3 is 2.52 bits per heavy atom. The molecule has 0 spiro atoms. The number of hydrogen-bond donors (Lipinski definition) is 0. The van der Waals surface area contributed by atoms with Crippen LogP contribution in [0.2, 0.25) is 5.02 Å². The first kappa shape index (κ1) is 21.4. The van der Waals surface area contributed by atoms with Gasteiger partial charge in [0.05, 0.1) is 24.7 Å². The number of hydrogen-bond acceptors (Lipinski definition) is 7. The summed E-state index contributed by atoms with van der Waals surface area (Å²) < 4.78 is 21.9. The molecule has 2 amide bonds. The molecule has 9 heteroatoms. The maximum absolute atomic E-state index is 12.9. The average molecular weight is 462 g/mol. The number of rotatable bonds is 7. The Morgan fingerprint density at radius 1 is 1.06 bits per heavy atom. The summed E-state index contributed by atoms with van der Waals surface area (Å²) in [6.07, 6.45) is 1.67. The van der Waals surface area contributed by atoms with Gasteiger partial charge in [0.15, 0.2) is 23.0 Å². The van der Waals surface area contributed by atoms with E-state index in [2.05, 4.69) is 0 Å². The number of carbonyl (C=O) groups is 2. The van der Waals surface area contributed by atoms with E-state index in [0.29, 0.717) is 51.7 Å². The molecule has 162 valence electrons. The van der Waals surface area contributed by atoms with E-state index >= 15 is 0 Å². The van der Waals surface area contributed by atoms with E-state index in [0.717, 1.165) is 22.2 Å². The Hall–Kier alpha value is -2.84. The van der Waals surface area contributed by atoms with Crippen LogP contribution in [-0.2, 0) is 11.3 Å². The lowest BCUT2D eigenvalue weighted by atomic mass is 10.1. The molecule has 2 aromatic carbocycles. The minimum Gasteiger partial charge on any atom is -0.490 e. The van der Waals surface area contributed by atoms with Gasteiger partial charge in [0, 0.05) is 11.1 Å². The second kappa shape index (κ2) is 9.11. The number of nitrogens with zero attached hydrogens (tertiary/aromatic N) is 1. The summed E-state index contributed by atoms with van der Waals surface area (Å²) in [6, 6.07) is 8.71. The largest absolute Gasteiger partial charge is 0.490 e. The minimum atomic E-state index is -0.379. The topological polar surface area (TPSA) is 74.3 Å². The fourth-order valence-electron chi connectivity index (χ4n) is 3.20. The van der Waals surface area contributed by atoms with Crippen LogP contribution in [0.15, 0.2) is 35.2 Å². The molecule has 0 aromatic heterocycles. The molecule has 0 aliphatic carbocycles. The lowest BCUT2D eigenvalue weighted by Gasteiger charge is -2.14. The van der Waals surface area contributed by atoms with Crippen molar-refractivity contribution in [1.82, 2.24) is 4.90 Å². The first-order valence-corrected chi connectivity index (χ1v) is 10.9. The van der Waals surface area contributed by atoms with Gasteiger partial charge < -0.3 is 18.9 Å². The summed E-state index contributed by atoms with van der Waals surface area (Å²) >= 11 is 7.19. The number of halogens is 1. The van der Waals surface area contributed by atoms with Crippen molar-refractivity contribution < 1.29 is 28.5 Å². The molecular formula is C22H20ClNO6S. The van der Waals surface area contributed by atoms with Crippen LogP contribution in [0.25, 0.3) is 6.08 Å². The lowest BCUT2D eigenvalue weighted by Crippen LogP contribution is -2.27. The van der Waals surface area contributed by atoms with Crippen molar-refractivity contribution in [2.75, 3.05) is 20.0 Å². The predicted molar refractivity (Wildman–Crippen MR) is 118 cm³/mol. The van der Waals surface area contributed by atoms with Crippen LogP contribution in [0.4, 0.5) is 4.79 Å². The van der Waals surface area contributed by atoms with Gasteiger partial charge in [0.1, 0.15) is 0 Å². The summed E-state index contributed by atoms with van der Waals surface area (Å²) in [6.45, 7) is 4.94. The van der Waals surface area contributed by atoms with E-state index in [1.165, 1.54) is 0 Å². The van der Waals surface area contributed by atoms with Gasteiger partial charge in [0.25, 0.3) is 11.1 Å². The van der Waals surface area contributed by atoms with E-state index in [9.17, 15) is 9.59 Å². The number of imide groups is 1. The van der Waals surface area contributed by atoms with E-state index in [4.69, 9.17) is 30.5 Å². The van der Waals surface area contributed by atoms with Gasteiger partial charge in [-0.3, -0.25) is 14.5 Å². The van der Waals surface area contributed by atoms with Crippen molar-refractivity contribution in [3.63, 3.8) is 0 Å². The Labute approximate surface area is 188 Å². The van der Waals surface area contributed by atoms with E-state index in [-0.39, 0.29) is 24.5 Å². The molecule has 31 heavy (non-hydrogen) atoms. The second-order valence-corrected chi connectivity index (χ2v) is 8.04. The normalized spacial score (nSPS) is 16.4. The fourth-order valence-corrected chi connectivity index (χ4v) is 4.25. The molecule has 1 fully saturated rings. The van der Waals surface area contributed by atoms with Crippen LogP contribution < -0.4 is 18.9 Å². The summed E-state index contributed by atoms with van der Waals surface area (Å²) in [4.78, 5) is 26.9. The van der Waals surface area contributed by atoms with Crippen molar-refractivity contribution in [2.45, 2.75) is 20.4 Å². The zero-order chi connectivity index (χ0) is 22.0. The Kier molecular flexibility index (Phi) is 6.29. The van der Waals surface area contributed by atoms with Crippen molar-refractivity contribution >= 4 is 40.6 Å². The number of ether oxygens (including phenoxy) is 4. The monoisotopic (exact) mass is 461 g/mol. The highest BCUT2D eigenvalue weighted by molar-refractivity contribution is 8.18. The zero-order valence-electron chi connectivity index (χ0n) is 17.0. The quantitative estimate of drug-likeness (QED) is 0.531. The molecule has 2 aromatic rings. The zero-order valence-corrected chi connectivity index (χ0v) is 18.5. The van der Waals surface area contributed by atoms with Gasteiger partial charge in [-0.15, -0.1) is 0 Å². The van der Waals surface area contributed by atoms with E-state index in [1.54, 1.807) is 30.3 Å². The van der Waals surface area contributed by atoms with Crippen LogP contribution in [0.5, 0.6) is 23.0 Å². The highest BCUT2D eigenvalue weighted by Gasteiger charge is 2.35. The SMILES string of the molecule is CCOc1ccc(/C=C2/SC(=O)N(Cc3cc4c(cc3Cl)OCO4)C2=O)cc1OCC. The number of benzene rings is 2. The molecule has 4 rings (SSSR count). The van der Waals surface area contributed by atoms with Crippen LogP contribution >= 0.6 is 23.4 Å². The maximum atomic E-state index is 12.9. The number of thioether (sulfide) groups is 1. The molecule has 7 nitrogen and oxygen atoms in total. The molecule has 0 saturated carbocycles. The second-order valence-electron chi connectivity index (χ2n) is 6.64. The summed E-state index contributed by atoms with van der Waals surface area (Å²) in [5, 5.41) is 0.0427. The standard InChI is InChI=1S/C22H20ClNO6S/c1-3-27-16-6-5-13(7-17(16)28-4-2)8-20-21(25)24(22(26)31-20)11-14-9-18-19(10-15(14)23)30-12-29-18/h5-10H,3-4,11-12H2,1-2H3/b20-8+. The summed E-state index contributed by atoms with van der Waals surface area (Å²) in [7, 11) is 0. The van der Waals surface area contributed by atoms with Crippen molar-refractivity contribution in [3.8, 4) is 23.0 Å². The maximum Gasteiger partial charge on any atom is 0.293 e. The van der Waals surface area contributed by atoms with Crippen LogP contribution in [-0.4, -0.2) is 36.1 Å². The molecule has 2 heterocycles. The molecular weight excluding hydrogens is 442 g/mol. The molecule has 1 saturated heterocycles. The van der Waals surface area contributed by atoms with Gasteiger partial charge in [-0.05, 0) is 61.0 Å². The van der Waals surface area contributed by atoms with Gasteiger partial charge >= 0.3 is 0 Å². The third-order valence-electron chi connectivity index (χ3n) is 4.61. The van der Waals surface area contributed by atoms with Gasteiger partial charge in [-0.25, -0.2) is 0 Å². The Bertz CT molecular complexity index is 1070. The van der Waals surface area contributed by atoms with Crippen LogP contribution in [0.3, 0.4) is 0 Å². The molecule has 2 aliphatic rings. The van der Waals surface area contributed by atoms with Crippen LogP contribution in [0, 0.1) is 0 Å². The first-order valence-electron chi connectivity index (χ1n) is 9.73. The number of fused-ring (bicyclic) bond motifs is 1. The summed E-state index contributed by atoms with van der Waals surface area (Å²) in [5.41, 5.74) is 1.34. The third-order valence-corrected chi connectivity index (χ3v) is 5.87. The van der Waals surface area contributed by atoms with Crippen molar-refractivity contribution in [3.05, 3.63) is 51.4 Å². The Morgan fingerprint density at radius 2 is 1.77 bits per heavy atom. The fraction of sp³-hybridized carbons (Fsp3) is 0.273. The summed E-state index contributed by atoms with van der Waals surface area (Å²) in [5.74, 6) is 1.93. The van der Waals surface area contributed by atoms with Gasteiger partial charge in [-0.1, -0.05) is 17.7 Å². The highest BCUT2D eigenvalue weighted by atomic mass is 35.5. The Balaban J connectivity index is 1.56. The third kappa shape index (κ3) is 4.45. The van der Waals surface area contributed by atoms with Gasteiger partial charge in [-0.2, -0.15) is 0 Å². The minimum absolute atomic E-state index is 0.0466. The molecule has 0 atom stereocenters. The average Bonchev–Trinajstić information content (AvgIpc) is 3.29. The lowest BCUT2D eigenvalue weighted by molar-refractivity contribution is -0.123. The number of carbonyl (C=O) groups excluding carboxylic acids is 2.